The van der Waals surface area contributed by atoms with Gasteiger partial charge < -0.3 is 20.3 Å². The molecular weight excluding hydrogens is 438 g/mol. The average molecular weight is 476 g/mol. The quantitative estimate of drug-likeness (QED) is 0.355. The minimum atomic E-state index is -0.809. The van der Waals surface area contributed by atoms with Crippen molar-refractivity contribution in [3.8, 4) is 0 Å². The SMILES string of the molecule is CC(C)CC(NC(=O)Cc1ccc2[nH]cc(CCC(=O)O)c2c1)c1ccccc1N1CCCCC1. The number of carboxylic acid groups (broad SMARTS) is 1. The zero-order valence-corrected chi connectivity index (χ0v) is 20.8. The zero-order chi connectivity index (χ0) is 24.8. The van der Waals surface area contributed by atoms with E-state index in [2.05, 4.69) is 53.3 Å². The number of aliphatic carboxylic acids is 1. The molecule has 1 unspecified atom stereocenters. The molecule has 0 bridgehead atoms. The Balaban J connectivity index is 1.51. The molecule has 6 nitrogen and oxygen atoms in total. The number of carbonyl (C=O) groups excluding carboxylic acids is 1. The van der Waals surface area contributed by atoms with Crippen LogP contribution >= 0.6 is 0 Å². The van der Waals surface area contributed by atoms with Crippen LogP contribution < -0.4 is 10.2 Å². The molecule has 6 heteroatoms. The maximum absolute atomic E-state index is 13.2. The predicted molar refractivity (Wildman–Crippen MR) is 141 cm³/mol. The number of benzene rings is 2. The lowest BCUT2D eigenvalue weighted by molar-refractivity contribution is -0.137. The molecule has 0 spiro atoms. The number of amides is 1. The minimum absolute atomic E-state index is 0.00562. The number of rotatable bonds is 10. The van der Waals surface area contributed by atoms with Gasteiger partial charge in [-0.05, 0) is 72.9 Å². The molecule has 186 valence electrons. The first-order chi connectivity index (χ1) is 16.9. The molecule has 1 atom stereocenters. The molecule has 1 amide bonds. The summed E-state index contributed by atoms with van der Waals surface area (Å²) in [4.78, 5) is 29.9. The third-order valence-corrected chi connectivity index (χ3v) is 6.86. The van der Waals surface area contributed by atoms with Crippen LogP contribution in [0.2, 0.25) is 0 Å². The fourth-order valence-corrected chi connectivity index (χ4v) is 5.15. The van der Waals surface area contributed by atoms with E-state index in [-0.39, 0.29) is 18.4 Å². The number of piperidine rings is 1. The van der Waals surface area contributed by atoms with Crippen LogP contribution in [-0.4, -0.2) is 35.1 Å². The number of para-hydroxylation sites is 1. The Morgan fingerprint density at radius 3 is 2.60 bits per heavy atom. The largest absolute Gasteiger partial charge is 0.481 e. The zero-order valence-electron chi connectivity index (χ0n) is 20.8. The smallest absolute Gasteiger partial charge is 0.303 e. The van der Waals surface area contributed by atoms with Gasteiger partial charge in [0.2, 0.25) is 5.91 Å². The van der Waals surface area contributed by atoms with Gasteiger partial charge in [0.15, 0.2) is 0 Å². The summed E-state index contributed by atoms with van der Waals surface area (Å²) >= 11 is 0. The number of fused-ring (bicyclic) bond motifs is 1. The number of carboxylic acids is 1. The first kappa shape index (κ1) is 24.8. The fraction of sp³-hybridized carbons (Fsp3) is 0.448. The molecule has 4 rings (SSSR count). The standard InChI is InChI=1S/C29H37N3O3/c1-20(2)16-26(23-8-4-5-9-27(23)32-14-6-3-7-15-32)31-28(33)18-21-10-12-25-24(17-21)22(19-30-25)11-13-29(34)35/h4-5,8-10,12,17,19-20,26,30H,3,6-7,11,13-16,18H2,1-2H3,(H,31,33)(H,34,35). The van der Waals surface area contributed by atoms with E-state index >= 15 is 0 Å². The number of aryl methyl sites for hydroxylation is 1. The van der Waals surface area contributed by atoms with Gasteiger partial charge in [-0.1, -0.05) is 38.1 Å². The number of nitrogens with one attached hydrogen (secondary N) is 2. The third-order valence-electron chi connectivity index (χ3n) is 6.86. The van der Waals surface area contributed by atoms with Gasteiger partial charge in [0.05, 0.1) is 12.5 Å². The Hall–Kier alpha value is -3.28. The van der Waals surface area contributed by atoms with E-state index in [1.165, 1.54) is 30.5 Å². The van der Waals surface area contributed by atoms with E-state index in [1.54, 1.807) is 0 Å². The molecule has 0 aliphatic carbocycles. The van der Waals surface area contributed by atoms with Crippen LogP contribution in [0.1, 0.15) is 68.7 Å². The molecule has 1 aromatic heterocycles. The summed E-state index contributed by atoms with van der Waals surface area (Å²) in [5, 5.41) is 13.4. The van der Waals surface area contributed by atoms with Crippen LogP contribution in [0, 0.1) is 5.92 Å². The minimum Gasteiger partial charge on any atom is -0.481 e. The van der Waals surface area contributed by atoms with Crippen LogP contribution in [0.25, 0.3) is 10.9 Å². The highest BCUT2D eigenvalue weighted by atomic mass is 16.4. The highest BCUT2D eigenvalue weighted by Crippen LogP contribution is 2.32. The second-order valence-electron chi connectivity index (χ2n) is 10.1. The average Bonchev–Trinajstić information content (AvgIpc) is 3.25. The fourth-order valence-electron chi connectivity index (χ4n) is 5.15. The molecule has 2 heterocycles. The van der Waals surface area contributed by atoms with Crippen molar-refractivity contribution in [1.82, 2.24) is 10.3 Å². The molecule has 2 aromatic carbocycles. The van der Waals surface area contributed by atoms with Crippen molar-refractivity contribution >= 4 is 28.5 Å². The molecule has 1 aliphatic heterocycles. The van der Waals surface area contributed by atoms with Gasteiger partial charge in [-0.25, -0.2) is 0 Å². The highest BCUT2D eigenvalue weighted by molar-refractivity contribution is 5.86. The maximum atomic E-state index is 13.2. The third kappa shape index (κ3) is 6.44. The van der Waals surface area contributed by atoms with Gasteiger partial charge in [-0.15, -0.1) is 0 Å². The molecule has 1 aliphatic rings. The Morgan fingerprint density at radius 2 is 1.86 bits per heavy atom. The highest BCUT2D eigenvalue weighted by Gasteiger charge is 2.22. The number of aromatic amines is 1. The summed E-state index contributed by atoms with van der Waals surface area (Å²) in [5.74, 6) is -0.357. The second kappa shape index (κ2) is 11.4. The van der Waals surface area contributed by atoms with E-state index in [0.29, 0.717) is 18.8 Å². The number of aromatic nitrogens is 1. The lowest BCUT2D eigenvalue weighted by Crippen LogP contribution is -2.34. The topological polar surface area (TPSA) is 85.4 Å². The molecule has 0 radical (unpaired) electrons. The van der Waals surface area contributed by atoms with Crippen molar-refractivity contribution < 1.29 is 14.7 Å². The van der Waals surface area contributed by atoms with E-state index in [9.17, 15) is 9.59 Å². The number of anilines is 1. The monoisotopic (exact) mass is 475 g/mol. The van der Waals surface area contributed by atoms with Crippen LogP contribution in [-0.2, 0) is 22.4 Å². The van der Waals surface area contributed by atoms with Gasteiger partial charge in [0, 0.05) is 42.3 Å². The van der Waals surface area contributed by atoms with E-state index < -0.39 is 5.97 Å². The summed E-state index contributed by atoms with van der Waals surface area (Å²) in [6.45, 7) is 6.53. The van der Waals surface area contributed by atoms with Gasteiger partial charge in [0.1, 0.15) is 0 Å². The molecule has 1 saturated heterocycles. The van der Waals surface area contributed by atoms with Crippen molar-refractivity contribution in [2.45, 2.75) is 64.8 Å². The second-order valence-corrected chi connectivity index (χ2v) is 10.1. The van der Waals surface area contributed by atoms with Gasteiger partial charge in [-0.2, -0.15) is 0 Å². The van der Waals surface area contributed by atoms with Crippen LogP contribution in [0.3, 0.4) is 0 Å². The molecule has 3 N–H and O–H groups in total. The van der Waals surface area contributed by atoms with Crippen molar-refractivity contribution in [1.29, 1.82) is 0 Å². The van der Waals surface area contributed by atoms with Gasteiger partial charge >= 0.3 is 5.97 Å². The summed E-state index contributed by atoms with van der Waals surface area (Å²) in [7, 11) is 0. The molecule has 0 saturated carbocycles. The van der Waals surface area contributed by atoms with Gasteiger partial charge in [0.25, 0.3) is 0 Å². The van der Waals surface area contributed by atoms with Gasteiger partial charge in [-0.3, -0.25) is 9.59 Å². The van der Waals surface area contributed by atoms with E-state index in [1.807, 2.05) is 24.4 Å². The predicted octanol–water partition coefficient (Wildman–Crippen LogP) is 5.62. The van der Waals surface area contributed by atoms with E-state index in [4.69, 9.17) is 5.11 Å². The normalized spacial score (nSPS) is 14.9. The first-order valence-corrected chi connectivity index (χ1v) is 12.8. The maximum Gasteiger partial charge on any atom is 0.303 e. The van der Waals surface area contributed by atoms with Crippen LogP contribution in [0.4, 0.5) is 5.69 Å². The lowest BCUT2D eigenvalue weighted by atomic mass is 9.94. The first-order valence-electron chi connectivity index (χ1n) is 12.8. The van der Waals surface area contributed by atoms with Crippen molar-refractivity contribution in [3.05, 3.63) is 65.4 Å². The molecular formula is C29H37N3O3. The van der Waals surface area contributed by atoms with Crippen molar-refractivity contribution in [2.24, 2.45) is 5.92 Å². The number of nitrogens with zero attached hydrogens (tertiary/aromatic N) is 1. The lowest BCUT2D eigenvalue weighted by Gasteiger charge is -2.33. The number of H-pyrrole nitrogens is 1. The number of hydrogen-bond donors (Lipinski definition) is 3. The summed E-state index contributed by atoms with van der Waals surface area (Å²) in [6, 6.07) is 14.4. The molecule has 3 aromatic rings. The van der Waals surface area contributed by atoms with Crippen molar-refractivity contribution in [3.63, 3.8) is 0 Å². The number of hydrogen-bond acceptors (Lipinski definition) is 3. The Morgan fingerprint density at radius 1 is 1.09 bits per heavy atom. The summed E-state index contributed by atoms with van der Waals surface area (Å²) in [5.41, 5.74) is 5.31. The molecule has 35 heavy (non-hydrogen) atoms. The Bertz CT molecular complexity index is 1160. The van der Waals surface area contributed by atoms with Crippen LogP contribution in [0.5, 0.6) is 0 Å². The summed E-state index contributed by atoms with van der Waals surface area (Å²) < 4.78 is 0. The Kier molecular flexibility index (Phi) is 8.11. The molecule has 1 fully saturated rings. The van der Waals surface area contributed by atoms with E-state index in [0.717, 1.165) is 41.5 Å². The Labute approximate surface area is 207 Å². The van der Waals surface area contributed by atoms with Crippen molar-refractivity contribution in [2.75, 3.05) is 18.0 Å². The summed E-state index contributed by atoms with van der Waals surface area (Å²) in [6.07, 6.45) is 7.31. The van der Waals surface area contributed by atoms with Crippen LogP contribution in [0.15, 0.2) is 48.7 Å². The number of carbonyl (C=O) groups is 2.